The molecule has 0 aliphatic heterocycles. The van der Waals surface area contributed by atoms with E-state index in [2.05, 4.69) is 46.0 Å². The molecule has 2 heterocycles. The molecule has 1 fully saturated rings. The van der Waals surface area contributed by atoms with Crippen LogP contribution in [0.1, 0.15) is 36.8 Å². The topological polar surface area (TPSA) is 32.3 Å². The third kappa shape index (κ3) is 4.40. The van der Waals surface area contributed by atoms with Crippen LogP contribution >= 0.6 is 0 Å². The predicted octanol–water partition coefficient (Wildman–Crippen LogP) is 3.35. The molecule has 2 aromatic rings. The van der Waals surface area contributed by atoms with Gasteiger partial charge in [-0.25, -0.2) is 0 Å². The maximum atomic E-state index is 4.25. The molecule has 0 bridgehead atoms. The first-order valence-corrected chi connectivity index (χ1v) is 8.92. The highest BCUT2D eigenvalue weighted by Gasteiger charge is 2.31. The Labute approximate surface area is 145 Å². The van der Waals surface area contributed by atoms with Gasteiger partial charge in [0, 0.05) is 50.0 Å². The maximum absolute atomic E-state index is 4.25. The summed E-state index contributed by atoms with van der Waals surface area (Å²) in [7, 11) is 4.52. The second kappa shape index (κ2) is 8.36. The summed E-state index contributed by atoms with van der Waals surface area (Å²) < 4.78 is 0. The van der Waals surface area contributed by atoms with Gasteiger partial charge in [-0.15, -0.1) is 0 Å². The van der Waals surface area contributed by atoms with Gasteiger partial charge in [0.15, 0.2) is 0 Å². The van der Waals surface area contributed by atoms with E-state index >= 15 is 0 Å². The van der Waals surface area contributed by atoms with E-state index in [9.17, 15) is 0 Å². The molecule has 0 radical (unpaired) electrons. The number of hydrogen-bond acceptors (Lipinski definition) is 4. The van der Waals surface area contributed by atoms with Gasteiger partial charge < -0.3 is 0 Å². The maximum Gasteiger partial charge on any atom is 0.0312 e. The number of nitrogens with zero attached hydrogens (tertiary/aromatic N) is 4. The molecule has 0 amide bonds. The first-order chi connectivity index (χ1) is 11.7. The van der Waals surface area contributed by atoms with Crippen LogP contribution < -0.4 is 0 Å². The van der Waals surface area contributed by atoms with E-state index in [0.717, 1.165) is 13.1 Å². The van der Waals surface area contributed by atoms with E-state index in [0.29, 0.717) is 12.1 Å². The number of rotatable bonds is 6. The zero-order valence-corrected chi connectivity index (χ0v) is 14.8. The van der Waals surface area contributed by atoms with Crippen molar-refractivity contribution >= 4 is 0 Å². The first-order valence-electron chi connectivity index (χ1n) is 8.92. The molecule has 2 atom stereocenters. The van der Waals surface area contributed by atoms with Crippen molar-refractivity contribution in [1.82, 2.24) is 19.8 Å². The molecule has 1 saturated carbocycles. The zero-order chi connectivity index (χ0) is 16.8. The lowest BCUT2D eigenvalue weighted by Gasteiger charge is -2.42. The molecule has 4 nitrogen and oxygen atoms in total. The lowest BCUT2D eigenvalue weighted by Crippen LogP contribution is -2.50. The van der Waals surface area contributed by atoms with Crippen LogP contribution in [-0.4, -0.2) is 45.9 Å². The van der Waals surface area contributed by atoms with Gasteiger partial charge in [0.25, 0.3) is 0 Å². The summed E-state index contributed by atoms with van der Waals surface area (Å²) >= 11 is 0. The quantitative estimate of drug-likeness (QED) is 0.816. The molecule has 128 valence electrons. The Hall–Kier alpha value is -1.78. The third-order valence-corrected chi connectivity index (χ3v) is 5.14. The minimum absolute atomic E-state index is 0.598. The minimum Gasteiger partial charge on any atom is -0.298 e. The molecule has 1 aliphatic carbocycles. The largest absolute Gasteiger partial charge is 0.298 e. The summed E-state index contributed by atoms with van der Waals surface area (Å²) in [5.74, 6) is 0. The lowest BCUT2D eigenvalue weighted by molar-refractivity contribution is 0.0692. The van der Waals surface area contributed by atoms with E-state index in [1.165, 1.54) is 36.8 Å². The number of aromatic nitrogens is 2. The monoisotopic (exact) mass is 324 g/mol. The molecule has 4 heteroatoms. The van der Waals surface area contributed by atoms with Crippen molar-refractivity contribution in [3.8, 4) is 0 Å². The highest BCUT2D eigenvalue weighted by molar-refractivity contribution is 5.10. The van der Waals surface area contributed by atoms with Crippen molar-refractivity contribution < 1.29 is 0 Å². The third-order valence-electron chi connectivity index (χ3n) is 5.14. The molecular formula is C20H28N4. The van der Waals surface area contributed by atoms with Gasteiger partial charge >= 0.3 is 0 Å². The van der Waals surface area contributed by atoms with Crippen LogP contribution in [0, 0.1) is 0 Å². The van der Waals surface area contributed by atoms with Crippen LogP contribution in [0.25, 0.3) is 0 Å². The van der Waals surface area contributed by atoms with Gasteiger partial charge in [-0.3, -0.25) is 19.8 Å². The molecule has 1 aliphatic rings. The minimum atomic E-state index is 0.598. The lowest BCUT2D eigenvalue weighted by atomic mass is 9.88. The SMILES string of the molecule is CN(Cc1cccnc1)[C@@H]1CCCC[C@H]1N(C)Cc1cccnc1. The second-order valence-corrected chi connectivity index (χ2v) is 6.97. The summed E-state index contributed by atoms with van der Waals surface area (Å²) in [5.41, 5.74) is 2.58. The molecule has 3 rings (SSSR count). The van der Waals surface area contributed by atoms with Crippen LogP contribution in [0.5, 0.6) is 0 Å². The average molecular weight is 324 g/mol. The van der Waals surface area contributed by atoms with Crippen LogP contribution in [0.2, 0.25) is 0 Å². The van der Waals surface area contributed by atoms with Gasteiger partial charge in [-0.1, -0.05) is 25.0 Å². The Kier molecular flexibility index (Phi) is 5.94. The average Bonchev–Trinajstić information content (AvgIpc) is 2.63. The highest BCUT2D eigenvalue weighted by Crippen LogP contribution is 2.27. The smallest absolute Gasteiger partial charge is 0.0312 e. The van der Waals surface area contributed by atoms with Crippen LogP contribution in [0.3, 0.4) is 0 Å². The Bertz CT molecular complexity index is 546. The fourth-order valence-corrected chi connectivity index (χ4v) is 3.91. The Morgan fingerprint density at radius 1 is 0.833 bits per heavy atom. The van der Waals surface area contributed by atoms with Crippen molar-refractivity contribution in [2.45, 2.75) is 50.9 Å². The summed E-state index contributed by atoms with van der Waals surface area (Å²) in [6.07, 6.45) is 12.9. The van der Waals surface area contributed by atoms with Crippen molar-refractivity contribution in [1.29, 1.82) is 0 Å². The van der Waals surface area contributed by atoms with E-state index in [1.807, 2.05) is 36.9 Å². The molecule has 0 unspecified atom stereocenters. The Balaban J connectivity index is 1.66. The first kappa shape index (κ1) is 17.1. The molecule has 0 spiro atoms. The van der Waals surface area contributed by atoms with Crippen molar-refractivity contribution in [3.05, 3.63) is 60.2 Å². The molecule has 0 N–H and O–H groups in total. The van der Waals surface area contributed by atoms with Gasteiger partial charge in [0.05, 0.1) is 0 Å². The standard InChI is InChI=1S/C20H28N4/c1-23(15-17-7-5-11-21-13-17)19-9-3-4-10-20(19)24(2)16-18-8-6-12-22-14-18/h5-8,11-14,19-20H,3-4,9-10,15-16H2,1-2H3/t19-,20-/m1/s1. The van der Waals surface area contributed by atoms with Gasteiger partial charge in [0.2, 0.25) is 0 Å². The molecule has 2 aromatic heterocycles. The van der Waals surface area contributed by atoms with E-state index in [-0.39, 0.29) is 0 Å². The van der Waals surface area contributed by atoms with Crippen molar-refractivity contribution in [2.24, 2.45) is 0 Å². The van der Waals surface area contributed by atoms with Crippen molar-refractivity contribution in [2.75, 3.05) is 14.1 Å². The number of hydrogen-bond donors (Lipinski definition) is 0. The molecule has 24 heavy (non-hydrogen) atoms. The van der Waals surface area contributed by atoms with E-state index < -0.39 is 0 Å². The number of likely N-dealkylation sites (N-methyl/N-ethyl adjacent to an activating group) is 2. The predicted molar refractivity (Wildman–Crippen MR) is 97.5 cm³/mol. The summed E-state index contributed by atoms with van der Waals surface area (Å²) in [6.45, 7) is 1.94. The van der Waals surface area contributed by atoms with E-state index in [1.54, 1.807) is 0 Å². The van der Waals surface area contributed by atoms with Crippen molar-refractivity contribution in [3.63, 3.8) is 0 Å². The summed E-state index contributed by atoms with van der Waals surface area (Å²) in [4.78, 5) is 13.5. The Morgan fingerprint density at radius 2 is 1.29 bits per heavy atom. The zero-order valence-electron chi connectivity index (χ0n) is 14.8. The van der Waals surface area contributed by atoms with Crippen LogP contribution in [0.15, 0.2) is 49.1 Å². The summed E-state index contributed by atoms with van der Waals surface area (Å²) in [6, 6.07) is 9.58. The van der Waals surface area contributed by atoms with Gasteiger partial charge in [-0.2, -0.15) is 0 Å². The summed E-state index contributed by atoms with van der Waals surface area (Å²) in [5, 5.41) is 0. The Morgan fingerprint density at radius 3 is 1.67 bits per heavy atom. The normalized spacial score (nSPS) is 21.3. The fraction of sp³-hybridized carbons (Fsp3) is 0.500. The molecular weight excluding hydrogens is 296 g/mol. The highest BCUT2D eigenvalue weighted by atomic mass is 15.2. The van der Waals surface area contributed by atoms with E-state index in [4.69, 9.17) is 0 Å². The number of pyridine rings is 2. The van der Waals surface area contributed by atoms with Crippen LogP contribution in [-0.2, 0) is 13.1 Å². The van der Waals surface area contributed by atoms with Gasteiger partial charge in [-0.05, 0) is 50.2 Å². The molecule has 0 aromatic carbocycles. The second-order valence-electron chi connectivity index (χ2n) is 6.97. The van der Waals surface area contributed by atoms with Gasteiger partial charge in [0.1, 0.15) is 0 Å². The molecule has 0 saturated heterocycles. The fourth-order valence-electron chi connectivity index (χ4n) is 3.91. The van der Waals surface area contributed by atoms with Crippen LogP contribution in [0.4, 0.5) is 0 Å².